The maximum absolute atomic E-state index is 12.9. The molecule has 1 atom stereocenters. The lowest BCUT2D eigenvalue weighted by molar-refractivity contribution is 0.0915. The summed E-state index contributed by atoms with van der Waals surface area (Å²) >= 11 is 0. The summed E-state index contributed by atoms with van der Waals surface area (Å²) in [6.07, 6.45) is 0.624. The van der Waals surface area contributed by atoms with Crippen LogP contribution in [-0.2, 0) is 0 Å². The van der Waals surface area contributed by atoms with Crippen LogP contribution in [0.5, 0.6) is 0 Å². The van der Waals surface area contributed by atoms with Gasteiger partial charge in [0, 0.05) is 5.56 Å². The van der Waals surface area contributed by atoms with Crippen molar-refractivity contribution in [1.82, 2.24) is 5.32 Å². The molecule has 0 aliphatic rings. The van der Waals surface area contributed by atoms with Crippen molar-refractivity contribution in [1.29, 1.82) is 0 Å². The SMILES string of the molecule is CCC(CO)NC(=O)c1ccc(F)c(N)c1. The monoisotopic (exact) mass is 226 g/mol. The van der Waals surface area contributed by atoms with Crippen LogP contribution in [0.3, 0.4) is 0 Å². The van der Waals surface area contributed by atoms with Gasteiger partial charge in [-0.25, -0.2) is 4.39 Å². The first-order chi connectivity index (χ1) is 7.58. The summed E-state index contributed by atoms with van der Waals surface area (Å²) in [5.41, 5.74) is 5.57. The van der Waals surface area contributed by atoms with Gasteiger partial charge >= 0.3 is 0 Å². The minimum Gasteiger partial charge on any atom is -0.396 e. The summed E-state index contributed by atoms with van der Waals surface area (Å²) in [6, 6.07) is 3.48. The molecule has 0 aromatic heterocycles. The highest BCUT2D eigenvalue weighted by Gasteiger charge is 2.12. The Morgan fingerprint density at radius 2 is 2.31 bits per heavy atom. The van der Waals surface area contributed by atoms with Crippen LogP contribution in [0.2, 0.25) is 0 Å². The number of nitrogens with one attached hydrogen (secondary N) is 1. The van der Waals surface area contributed by atoms with Crippen molar-refractivity contribution in [2.75, 3.05) is 12.3 Å². The van der Waals surface area contributed by atoms with E-state index in [1.54, 1.807) is 0 Å². The summed E-state index contributed by atoms with van der Waals surface area (Å²) in [5.74, 6) is -0.918. The number of amides is 1. The number of halogens is 1. The van der Waals surface area contributed by atoms with Crippen molar-refractivity contribution in [3.05, 3.63) is 29.6 Å². The molecule has 1 rings (SSSR count). The van der Waals surface area contributed by atoms with Crippen LogP contribution < -0.4 is 11.1 Å². The fourth-order valence-electron chi connectivity index (χ4n) is 1.23. The number of hydrogen-bond donors (Lipinski definition) is 3. The van der Waals surface area contributed by atoms with Crippen molar-refractivity contribution < 1.29 is 14.3 Å². The van der Waals surface area contributed by atoms with Crippen LogP contribution in [0.1, 0.15) is 23.7 Å². The second-order valence-electron chi connectivity index (χ2n) is 3.50. The molecule has 0 aliphatic carbocycles. The second-order valence-corrected chi connectivity index (χ2v) is 3.50. The minimum atomic E-state index is -0.550. The van der Waals surface area contributed by atoms with Crippen LogP contribution >= 0.6 is 0 Å². The molecule has 16 heavy (non-hydrogen) atoms. The van der Waals surface area contributed by atoms with Crippen LogP contribution in [0.4, 0.5) is 10.1 Å². The van der Waals surface area contributed by atoms with E-state index < -0.39 is 5.82 Å². The molecule has 0 aliphatic heterocycles. The molecule has 0 radical (unpaired) electrons. The zero-order valence-electron chi connectivity index (χ0n) is 9.03. The third kappa shape index (κ3) is 2.93. The standard InChI is InChI=1S/C11H15FN2O2/c1-2-8(6-15)14-11(16)7-3-4-9(12)10(13)5-7/h3-5,8,15H,2,6,13H2,1H3,(H,14,16). The lowest BCUT2D eigenvalue weighted by atomic mass is 10.1. The topological polar surface area (TPSA) is 75.3 Å². The normalized spacial score (nSPS) is 12.2. The van der Waals surface area contributed by atoms with Crippen molar-refractivity contribution in [3.63, 3.8) is 0 Å². The average molecular weight is 226 g/mol. The predicted octanol–water partition coefficient (Wildman–Crippen LogP) is 0.909. The largest absolute Gasteiger partial charge is 0.396 e. The Bertz CT molecular complexity index is 378. The molecule has 0 saturated heterocycles. The Morgan fingerprint density at radius 3 is 2.81 bits per heavy atom. The minimum absolute atomic E-state index is 0.0651. The summed E-state index contributed by atoms with van der Waals surface area (Å²) in [6.45, 7) is 1.72. The molecular formula is C11H15FN2O2. The highest BCUT2D eigenvalue weighted by atomic mass is 19.1. The van der Waals surface area contributed by atoms with Gasteiger partial charge in [-0.15, -0.1) is 0 Å². The molecule has 1 aromatic carbocycles. The molecule has 0 spiro atoms. The number of rotatable bonds is 4. The number of aliphatic hydroxyl groups excluding tert-OH is 1. The first kappa shape index (κ1) is 12.4. The van der Waals surface area contributed by atoms with Crippen LogP contribution in [0.15, 0.2) is 18.2 Å². The summed E-state index contributed by atoms with van der Waals surface area (Å²) < 4.78 is 12.9. The third-order valence-electron chi connectivity index (χ3n) is 2.31. The summed E-state index contributed by atoms with van der Waals surface area (Å²) in [4.78, 5) is 11.6. The highest BCUT2D eigenvalue weighted by molar-refractivity contribution is 5.95. The Kier molecular flexibility index (Phi) is 4.25. The van der Waals surface area contributed by atoms with Gasteiger partial charge in [0.05, 0.1) is 18.3 Å². The van der Waals surface area contributed by atoms with Gasteiger partial charge in [-0.3, -0.25) is 4.79 Å². The van der Waals surface area contributed by atoms with E-state index in [9.17, 15) is 9.18 Å². The van der Waals surface area contributed by atoms with Crippen molar-refractivity contribution in [2.24, 2.45) is 0 Å². The molecule has 4 nitrogen and oxygen atoms in total. The molecule has 1 unspecified atom stereocenters. The van der Waals surface area contributed by atoms with Gasteiger partial charge in [0.1, 0.15) is 5.82 Å². The zero-order valence-corrected chi connectivity index (χ0v) is 9.03. The molecule has 5 heteroatoms. The maximum Gasteiger partial charge on any atom is 0.251 e. The lowest BCUT2D eigenvalue weighted by Crippen LogP contribution is -2.36. The number of carbonyl (C=O) groups is 1. The number of anilines is 1. The Labute approximate surface area is 93.3 Å². The summed E-state index contributed by atoms with van der Waals surface area (Å²) in [7, 11) is 0. The maximum atomic E-state index is 12.9. The van der Waals surface area contributed by atoms with Gasteiger partial charge in [0.2, 0.25) is 0 Å². The second kappa shape index (κ2) is 5.46. The molecule has 0 fully saturated rings. The lowest BCUT2D eigenvalue weighted by Gasteiger charge is -2.14. The van der Waals surface area contributed by atoms with E-state index in [0.29, 0.717) is 6.42 Å². The van der Waals surface area contributed by atoms with Crippen LogP contribution in [0, 0.1) is 5.82 Å². The fourth-order valence-corrected chi connectivity index (χ4v) is 1.23. The quantitative estimate of drug-likeness (QED) is 0.668. The number of aliphatic hydroxyl groups is 1. The first-order valence-corrected chi connectivity index (χ1v) is 5.05. The number of hydrogen-bond acceptors (Lipinski definition) is 3. The number of nitrogens with two attached hydrogens (primary N) is 1. The van der Waals surface area contributed by atoms with E-state index >= 15 is 0 Å². The van der Waals surface area contributed by atoms with E-state index in [1.165, 1.54) is 12.1 Å². The van der Waals surface area contributed by atoms with Gasteiger partial charge in [0.15, 0.2) is 0 Å². The van der Waals surface area contributed by atoms with Crippen molar-refractivity contribution in [3.8, 4) is 0 Å². The molecule has 4 N–H and O–H groups in total. The number of benzene rings is 1. The molecule has 0 heterocycles. The Morgan fingerprint density at radius 1 is 1.62 bits per heavy atom. The van der Waals surface area contributed by atoms with Gasteiger partial charge in [-0.05, 0) is 24.6 Å². The van der Waals surface area contributed by atoms with E-state index in [2.05, 4.69) is 5.32 Å². The molecule has 0 bridgehead atoms. The fraction of sp³-hybridized carbons (Fsp3) is 0.364. The molecular weight excluding hydrogens is 211 g/mol. The average Bonchev–Trinajstić information content (AvgIpc) is 2.29. The predicted molar refractivity (Wildman–Crippen MR) is 59.4 cm³/mol. The molecule has 1 aromatic rings. The van der Waals surface area contributed by atoms with E-state index in [-0.39, 0.29) is 29.8 Å². The van der Waals surface area contributed by atoms with Gasteiger partial charge in [0.25, 0.3) is 5.91 Å². The molecule has 88 valence electrons. The Hall–Kier alpha value is -1.62. The van der Waals surface area contributed by atoms with E-state index in [0.717, 1.165) is 6.07 Å². The third-order valence-corrected chi connectivity index (χ3v) is 2.31. The summed E-state index contributed by atoms with van der Waals surface area (Å²) in [5, 5.41) is 11.5. The van der Waals surface area contributed by atoms with Gasteiger partial charge in [-0.1, -0.05) is 6.92 Å². The smallest absolute Gasteiger partial charge is 0.251 e. The van der Waals surface area contributed by atoms with E-state index in [4.69, 9.17) is 10.8 Å². The number of nitrogen functional groups attached to an aromatic ring is 1. The number of carbonyl (C=O) groups excluding carboxylic acids is 1. The zero-order chi connectivity index (χ0) is 12.1. The van der Waals surface area contributed by atoms with Crippen LogP contribution in [-0.4, -0.2) is 23.7 Å². The first-order valence-electron chi connectivity index (χ1n) is 5.05. The van der Waals surface area contributed by atoms with Gasteiger partial charge in [-0.2, -0.15) is 0 Å². The van der Waals surface area contributed by atoms with Crippen LogP contribution in [0.25, 0.3) is 0 Å². The van der Waals surface area contributed by atoms with Gasteiger partial charge < -0.3 is 16.2 Å². The highest BCUT2D eigenvalue weighted by Crippen LogP contribution is 2.12. The molecule has 1 amide bonds. The van der Waals surface area contributed by atoms with Crippen molar-refractivity contribution in [2.45, 2.75) is 19.4 Å². The molecule has 0 saturated carbocycles. The van der Waals surface area contributed by atoms with Crippen molar-refractivity contribution >= 4 is 11.6 Å². The van der Waals surface area contributed by atoms with E-state index in [1.807, 2.05) is 6.92 Å². The Balaban J connectivity index is 2.76.